The first-order valence-electron chi connectivity index (χ1n) is 17.1. The molecule has 6 heteroatoms. The Bertz CT molecular complexity index is 1570. The first-order chi connectivity index (χ1) is 22.9. The van der Waals surface area contributed by atoms with Gasteiger partial charge in [0.1, 0.15) is 13.1 Å². The largest absolute Gasteiger partial charge is 0.325 e. The van der Waals surface area contributed by atoms with Crippen LogP contribution in [0.3, 0.4) is 0 Å². The molecular weight excluding hydrogens is 592 g/mol. The van der Waals surface area contributed by atoms with E-state index in [4.69, 9.17) is 0 Å². The van der Waals surface area contributed by atoms with Crippen molar-refractivity contribution >= 4 is 23.2 Å². The van der Waals surface area contributed by atoms with E-state index in [1.807, 2.05) is 72.8 Å². The van der Waals surface area contributed by atoms with Crippen LogP contribution in [0.4, 0.5) is 11.4 Å². The Kier molecular flexibility index (Phi) is 12.7. The van der Waals surface area contributed by atoms with Gasteiger partial charge in [-0.05, 0) is 85.6 Å². The van der Waals surface area contributed by atoms with Crippen LogP contribution in [-0.4, -0.2) is 62.1 Å². The third kappa shape index (κ3) is 11.5. The lowest BCUT2D eigenvalue weighted by molar-refractivity contribution is -0.903. The lowest BCUT2D eigenvalue weighted by atomic mass is 10.1. The predicted octanol–water partition coefficient (Wildman–Crippen LogP) is 8.34. The Hall–Kier alpha value is -4.70. The Morgan fingerprint density at radius 1 is 0.521 bits per heavy atom. The second-order valence-electron chi connectivity index (χ2n) is 14.0. The molecule has 0 saturated heterocycles. The first kappa shape index (κ1) is 36.1. The van der Waals surface area contributed by atoms with Gasteiger partial charge in [0.25, 0.3) is 11.8 Å². The number of benzene rings is 4. The topological polar surface area (TPSA) is 58.2 Å². The number of carbonyl (C=O) groups is 2. The Morgan fingerprint density at radius 2 is 0.854 bits per heavy atom. The zero-order chi connectivity index (χ0) is 34.6. The lowest BCUT2D eigenvalue weighted by Gasteiger charge is -2.29. The highest BCUT2D eigenvalue weighted by atomic mass is 16.2. The smallest absolute Gasteiger partial charge is 0.255 e. The highest BCUT2D eigenvalue weighted by molar-refractivity contribution is 6.04. The highest BCUT2D eigenvalue weighted by Crippen LogP contribution is 2.17. The zero-order valence-corrected chi connectivity index (χ0v) is 29.6. The fraction of sp³-hybridized carbons (Fsp3) is 0.333. The van der Waals surface area contributed by atoms with Crippen LogP contribution in [0.5, 0.6) is 0 Å². The number of unbranched alkanes of at least 4 members (excludes halogenated alkanes) is 2. The molecule has 4 rings (SSSR count). The van der Waals surface area contributed by atoms with Gasteiger partial charge in [0.05, 0.1) is 41.3 Å². The van der Waals surface area contributed by atoms with Crippen LogP contribution in [0.25, 0.3) is 0 Å². The van der Waals surface area contributed by atoms with Gasteiger partial charge in [-0.15, -0.1) is 0 Å². The van der Waals surface area contributed by atoms with E-state index in [1.54, 1.807) is 0 Å². The van der Waals surface area contributed by atoms with Crippen molar-refractivity contribution in [2.24, 2.45) is 0 Å². The molecule has 4 aromatic carbocycles. The average molecular weight is 645 g/mol. The van der Waals surface area contributed by atoms with Gasteiger partial charge in [-0.25, -0.2) is 0 Å². The third-order valence-electron chi connectivity index (χ3n) is 8.52. The number of carbonyl (C=O) groups excluding carboxylic acids is 2. The van der Waals surface area contributed by atoms with Crippen molar-refractivity contribution in [3.8, 4) is 11.8 Å². The van der Waals surface area contributed by atoms with E-state index in [9.17, 15) is 9.59 Å². The summed E-state index contributed by atoms with van der Waals surface area (Å²) in [5, 5.41) is 5.96. The number of nitrogens with one attached hydrogen (secondary N) is 2. The monoisotopic (exact) mass is 644 g/mol. The number of rotatable bonds is 14. The molecule has 0 bridgehead atoms. The molecule has 0 radical (unpaired) electrons. The van der Waals surface area contributed by atoms with Gasteiger partial charge < -0.3 is 19.6 Å². The zero-order valence-electron chi connectivity index (χ0n) is 29.6. The van der Waals surface area contributed by atoms with Crippen molar-refractivity contribution in [1.29, 1.82) is 0 Å². The summed E-state index contributed by atoms with van der Waals surface area (Å²) in [6.45, 7) is 8.59. The molecule has 0 atom stereocenters. The van der Waals surface area contributed by atoms with Gasteiger partial charge >= 0.3 is 0 Å². The van der Waals surface area contributed by atoms with Crippen LogP contribution in [0.2, 0.25) is 0 Å². The molecule has 0 saturated carbocycles. The molecule has 0 heterocycles. The summed E-state index contributed by atoms with van der Waals surface area (Å²) in [5.41, 5.74) is 6.85. The van der Waals surface area contributed by atoms with Crippen LogP contribution >= 0.6 is 0 Å². The molecule has 6 nitrogen and oxygen atoms in total. The van der Waals surface area contributed by atoms with Gasteiger partial charge in [-0.1, -0.05) is 62.8 Å². The van der Waals surface area contributed by atoms with Gasteiger partial charge in [0.15, 0.2) is 0 Å². The summed E-state index contributed by atoms with van der Waals surface area (Å²) < 4.78 is 1.87. The minimum atomic E-state index is -0.134. The summed E-state index contributed by atoms with van der Waals surface area (Å²) >= 11 is 0. The number of hydrogen-bond donors (Lipinski definition) is 2. The fourth-order valence-electron chi connectivity index (χ4n) is 5.67. The van der Waals surface area contributed by atoms with E-state index in [0.29, 0.717) is 11.1 Å². The number of nitrogens with zero attached hydrogens (tertiary/aromatic N) is 2. The molecule has 2 N–H and O–H groups in total. The minimum absolute atomic E-state index is 0.134. The quantitative estimate of drug-likeness (QED) is 0.107. The molecule has 2 amide bonds. The molecule has 0 fully saturated rings. The van der Waals surface area contributed by atoms with Crippen LogP contribution < -0.4 is 10.6 Å². The molecule has 48 heavy (non-hydrogen) atoms. The molecule has 250 valence electrons. The lowest BCUT2D eigenvalue weighted by Crippen LogP contribution is -2.39. The summed E-state index contributed by atoms with van der Waals surface area (Å²) in [4.78, 5) is 25.7. The van der Waals surface area contributed by atoms with Gasteiger partial charge in [-0.2, -0.15) is 0 Å². The fourth-order valence-corrected chi connectivity index (χ4v) is 5.67. The van der Waals surface area contributed by atoms with Gasteiger partial charge in [-0.3, -0.25) is 9.59 Å². The molecule has 4 aromatic rings. The Morgan fingerprint density at radius 3 is 1.17 bits per heavy atom. The summed E-state index contributed by atoms with van der Waals surface area (Å²) in [6, 6.07) is 30.8. The van der Waals surface area contributed by atoms with Crippen molar-refractivity contribution in [1.82, 2.24) is 0 Å². The Balaban J connectivity index is 1.27. The molecule has 0 aliphatic heterocycles. The van der Waals surface area contributed by atoms with Crippen LogP contribution in [0.1, 0.15) is 82.5 Å². The van der Waals surface area contributed by atoms with Gasteiger partial charge in [0.2, 0.25) is 0 Å². The molecule has 0 aliphatic carbocycles. The molecule has 0 aromatic heterocycles. The van der Waals surface area contributed by atoms with E-state index in [-0.39, 0.29) is 11.8 Å². The van der Waals surface area contributed by atoms with Crippen LogP contribution in [0.15, 0.2) is 97.1 Å². The van der Waals surface area contributed by atoms with Crippen molar-refractivity contribution in [3.05, 3.63) is 130 Å². The molecule has 0 spiro atoms. The van der Waals surface area contributed by atoms with Crippen molar-refractivity contribution in [2.45, 2.75) is 52.6 Å². The normalized spacial score (nSPS) is 11.4. The van der Waals surface area contributed by atoms with E-state index >= 15 is 0 Å². The number of amides is 2. The van der Waals surface area contributed by atoms with E-state index in [0.717, 1.165) is 57.6 Å². The Labute approximate surface area is 288 Å². The SMILES string of the molecule is CCCC[N+](C)(C)Cc1ccc(C(=O)Nc2ccc(C#Cc3ccc(NC(=O)c4ccc(C[N+](C)(C)CCCC)cc4)cc3)cc2)cc1. The summed E-state index contributed by atoms with van der Waals surface area (Å²) in [5.74, 6) is 6.08. The number of hydrogen-bond acceptors (Lipinski definition) is 2. The predicted molar refractivity (Wildman–Crippen MR) is 199 cm³/mol. The molecule has 0 aliphatic rings. The average Bonchev–Trinajstić information content (AvgIpc) is 3.07. The maximum Gasteiger partial charge on any atom is 0.255 e. The molecule has 0 unspecified atom stereocenters. The minimum Gasteiger partial charge on any atom is -0.325 e. The summed E-state index contributed by atoms with van der Waals surface area (Å²) in [7, 11) is 8.99. The number of quaternary nitrogens is 2. The maximum absolute atomic E-state index is 12.8. The van der Waals surface area contributed by atoms with Gasteiger partial charge in [0, 0.05) is 44.8 Å². The maximum atomic E-state index is 12.8. The van der Waals surface area contributed by atoms with Crippen molar-refractivity contribution < 1.29 is 18.6 Å². The summed E-state index contributed by atoms with van der Waals surface area (Å²) in [6.07, 6.45) is 4.80. The standard InChI is InChI=1S/C42H50N4O2/c1-7-9-29-45(3,4)31-35-13-21-37(22-14-35)41(47)43-39-25-17-33(18-26-39)11-12-34-19-27-40(28-20-34)44-42(48)38-23-15-36(16-24-38)32-46(5,6)30-10-8-2/h13-28H,7-10,29-32H2,1-6H3/p+2. The second kappa shape index (κ2) is 16.9. The van der Waals surface area contributed by atoms with E-state index in [2.05, 4.69) is 88.8 Å². The van der Waals surface area contributed by atoms with E-state index < -0.39 is 0 Å². The van der Waals surface area contributed by atoms with Crippen molar-refractivity contribution in [3.63, 3.8) is 0 Å². The van der Waals surface area contributed by atoms with Crippen molar-refractivity contribution in [2.75, 3.05) is 51.9 Å². The molecular formula is C42H52N4O2+2. The second-order valence-corrected chi connectivity index (χ2v) is 14.0. The van der Waals surface area contributed by atoms with Crippen LogP contribution in [-0.2, 0) is 13.1 Å². The number of anilines is 2. The van der Waals surface area contributed by atoms with Crippen LogP contribution in [0, 0.1) is 11.8 Å². The third-order valence-corrected chi connectivity index (χ3v) is 8.52. The van der Waals surface area contributed by atoms with E-state index in [1.165, 1.54) is 36.8 Å². The highest BCUT2D eigenvalue weighted by Gasteiger charge is 2.17. The first-order valence-corrected chi connectivity index (χ1v) is 17.1.